The number of aryl methyl sites for hydroxylation is 1. The van der Waals surface area contributed by atoms with Crippen molar-refractivity contribution in [1.29, 1.82) is 0 Å². The highest BCUT2D eigenvalue weighted by molar-refractivity contribution is 7.20. The Bertz CT molecular complexity index is 817. The first kappa shape index (κ1) is 15.8. The van der Waals surface area contributed by atoms with Gasteiger partial charge < -0.3 is 14.8 Å². The van der Waals surface area contributed by atoms with Crippen LogP contribution in [-0.2, 0) is 7.05 Å². The van der Waals surface area contributed by atoms with Crippen LogP contribution in [0.1, 0.15) is 47.0 Å². The molecule has 0 aliphatic carbocycles. The number of thiophene rings is 1. The van der Waals surface area contributed by atoms with E-state index in [4.69, 9.17) is 4.42 Å². The number of rotatable bonds is 5. The van der Waals surface area contributed by atoms with E-state index in [0.717, 1.165) is 15.9 Å². The topological polar surface area (TPSA) is 80.3 Å². The molecule has 3 aromatic rings. The van der Waals surface area contributed by atoms with Gasteiger partial charge in [-0.1, -0.05) is 13.8 Å². The van der Waals surface area contributed by atoms with Crippen LogP contribution in [-0.4, -0.2) is 27.3 Å². The number of nitrogens with one attached hydrogen (secondary N) is 1. The molecule has 3 aromatic heterocycles. The van der Waals surface area contributed by atoms with Gasteiger partial charge in [0.15, 0.2) is 0 Å². The van der Waals surface area contributed by atoms with Crippen LogP contribution >= 0.6 is 11.3 Å². The van der Waals surface area contributed by atoms with Crippen LogP contribution in [0.2, 0.25) is 0 Å². The molecule has 7 heteroatoms. The Morgan fingerprint density at radius 3 is 2.96 bits per heavy atom. The molecule has 0 aliphatic rings. The van der Waals surface area contributed by atoms with Gasteiger partial charge in [0.1, 0.15) is 16.7 Å². The molecule has 1 unspecified atom stereocenters. The highest BCUT2D eigenvalue weighted by Gasteiger charge is 2.19. The summed E-state index contributed by atoms with van der Waals surface area (Å²) in [6.07, 6.45) is 0.642. The second-order valence-electron chi connectivity index (χ2n) is 5.73. The van der Waals surface area contributed by atoms with E-state index in [1.807, 2.05) is 17.8 Å². The Balaban J connectivity index is 1.75. The summed E-state index contributed by atoms with van der Waals surface area (Å²) in [5.41, 5.74) is 0.994. The van der Waals surface area contributed by atoms with Crippen LogP contribution in [0, 0.1) is 0 Å². The van der Waals surface area contributed by atoms with Crippen molar-refractivity contribution in [2.75, 3.05) is 6.54 Å². The summed E-state index contributed by atoms with van der Waals surface area (Å²) in [5.74, 6) is 0.532. The van der Waals surface area contributed by atoms with E-state index in [2.05, 4.69) is 24.3 Å². The van der Waals surface area contributed by atoms with Crippen molar-refractivity contribution in [1.82, 2.24) is 15.1 Å². The fourth-order valence-electron chi connectivity index (χ4n) is 2.46. The lowest BCUT2D eigenvalue weighted by atomic mass is 10.1. The molecule has 6 nitrogen and oxygen atoms in total. The van der Waals surface area contributed by atoms with Gasteiger partial charge in [0.2, 0.25) is 0 Å². The Morgan fingerprint density at radius 1 is 1.52 bits per heavy atom. The van der Waals surface area contributed by atoms with Crippen molar-refractivity contribution in [3.8, 4) is 0 Å². The van der Waals surface area contributed by atoms with Gasteiger partial charge in [0.05, 0.1) is 23.4 Å². The predicted molar refractivity (Wildman–Crippen MR) is 88.7 cm³/mol. The lowest BCUT2D eigenvalue weighted by Crippen LogP contribution is -2.27. The minimum absolute atomic E-state index is 0.107. The number of amides is 1. The van der Waals surface area contributed by atoms with Gasteiger partial charge in [-0.3, -0.25) is 9.48 Å². The number of aliphatic hydroxyl groups excluding tert-OH is 1. The third-order valence-corrected chi connectivity index (χ3v) is 4.84. The summed E-state index contributed by atoms with van der Waals surface area (Å²) >= 11 is 1.40. The van der Waals surface area contributed by atoms with Crippen molar-refractivity contribution in [2.24, 2.45) is 7.05 Å². The maximum Gasteiger partial charge on any atom is 0.261 e. The molecule has 1 amide bonds. The lowest BCUT2D eigenvalue weighted by molar-refractivity contribution is 0.0905. The van der Waals surface area contributed by atoms with Crippen LogP contribution in [0.5, 0.6) is 0 Å². The molecule has 0 saturated heterocycles. The smallest absolute Gasteiger partial charge is 0.261 e. The minimum atomic E-state index is -0.851. The molecule has 23 heavy (non-hydrogen) atoms. The van der Waals surface area contributed by atoms with E-state index in [0.29, 0.717) is 16.6 Å². The molecule has 3 rings (SSSR count). The number of carbonyl (C=O) groups excluding carboxylic acids is 1. The average molecular weight is 333 g/mol. The second kappa shape index (κ2) is 6.17. The standard InChI is InChI=1S/C16H19N3O3S/c1-9(2)14-10-7-13(23-16(10)19(3)18-14)15(21)17-8-11(20)12-5-4-6-22-12/h4-7,9,11,20H,8H2,1-3H3,(H,17,21). The monoisotopic (exact) mass is 333 g/mol. The largest absolute Gasteiger partial charge is 0.467 e. The first-order valence-electron chi connectivity index (χ1n) is 7.43. The quantitative estimate of drug-likeness (QED) is 0.752. The molecule has 122 valence electrons. The normalized spacial score (nSPS) is 12.9. The molecule has 3 heterocycles. The lowest BCUT2D eigenvalue weighted by Gasteiger charge is -2.08. The van der Waals surface area contributed by atoms with Crippen molar-refractivity contribution in [3.63, 3.8) is 0 Å². The molecule has 0 bridgehead atoms. The molecule has 0 aliphatic heterocycles. The van der Waals surface area contributed by atoms with E-state index < -0.39 is 6.10 Å². The van der Waals surface area contributed by atoms with Crippen molar-refractivity contribution in [2.45, 2.75) is 25.9 Å². The van der Waals surface area contributed by atoms with Crippen LogP contribution in [0.15, 0.2) is 28.9 Å². The molecule has 0 saturated carbocycles. The van der Waals surface area contributed by atoms with E-state index in [-0.39, 0.29) is 12.5 Å². The maximum absolute atomic E-state index is 12.3. The minimum Gasteiger partial charge on any atom is -0.467 e. The van der Waals surface area contributed by atoms with Crippen LogP contribution in [0.25, 0.3) is 10.2 Å². The van der Waals surface area contributed by atoms with Crippen molar-refractivity contribution >= 4 is 27.5 Å². The van der Waals surface area contributed by atoms with Gasteiger partial charge in [-0.2, -0.15) is 5.10 Å². The zero-order valence-corrected chi connectivity index (χ0v) is 14.1. The van der Waals surface area contributed by atoms with Crippen LogP contribution in [0.3, 0.4) is 0 Å². The van der Waals surface area contributed by atoms with Gasteiger partial charge in [0, 0.05) is 12.4 Å². The van der Waals surface area contributed by atoms with E-state index in [1.165, 1.54) is 17.6 Å². The van der Waals surface area contributed by atoms with Crippen LogP contribution in [0.4, 0.5) is 0 Å². The molecule has 0 radical (unpaired) electrons. The summed E-state index contributed by atoms with van der Waals surface area (Å²) in [7, 11) is 1.88. The second-order valence-corrected chi connectivity index (χ2v) is 6.76. The summed E-state index contributed by atoms with van der Waals surface area (Å²) in [5, 5.41) is 18.2. The van der Waals surface area contributed by atoms with E-state index in [1.54, 1.807) is 12.1 Å². The van der Waals surface area contributed by atoms with Crippen LogP contribution < -0.4 is 5.32 Å². The number of aliphatic hydroxyl groups is 1. The Hall–Kier alpha value is -2.12. The fraction of sp³-hybridized carbons (Fsp3) is 0.375. The molecular weight excluding hydrogens is 314 g/mol. The number of hydrogen-bond donors (Lipinski definition) is 2. The van der Waals surface area contributed by atoms with Gasteiger partial charge in [-0.05, 0) is 24.1 Å². The molecule has 2 N–H and O–H groups in total. The summed E-state index contributed by atoms with van der Waals surface area (Å²) < 4.78 is 6.93. The molecule has 1 atom stereocenters. The third kappa shape index (κ3) is 3.02. The number of hydrogen-bond acceptors (Lipinski definition) is 5. The van der Waals surface area contributed by atoms with Gasteiger partial charge in [-0.25, -0.2) is 0 Å². The molecule has 0 aromatic carbocycles. The van der Waals surface area contributed by atoms with E-state index >= 15 is 0 Å². The molecule has 0 fully saturated rings. The highest BCUT2D eigenvalue weighted by atomic mass is 32.1. The fourth-order valence-corrected chi connectivity index (χ4v) is 3.46. The number of furan rings is 1. The first-order valence-corrected chi connectivity index (χ1v) is 8.25. The van der Waals surface area contributed by atoms with Gasteiger partial charge in [-0.15, -0.1) is 11.3 Å². The van der Waals surface area contributed by atoms with E-state index in [9.17, 15) is 9.90 Å². The number of aromatic nitrogens is 2. The predicted octanol–water partition coefficient (Wildman–Crippen LogP) is 2.81. The van der Waals surface area contributed by atoms with Gasteiger partial charge in [0.25, 0.3) is 5.91 Å². The zero-order valence-electron chi connectivity index (χ0n) is 13.2. The molecule has 0 spiro atoms. The highest BCUT2D eigenvalue weighted by Crippen LogP contribution is 2.31. The molecular formula is C16H19N3O3S. The Kier molecular flexibility index (Phi) is 4.23. The van der Waals surface area contributed by atoms with Crippen molar-refractivity contribution in [3.05, 3.63) is 40.8 Å². The summed E-state index contributed by atoms with van der Waals surface area (Å²) in [6.45, 7) is 4.27. The summed E-state index contributed by atoms with van der Waals surface area (Å²) in [4.78, 5) is 13.9. The average Bonchev–Trinajstić information content (AvgIpc) is 3.22. The number of carbonyl (C=O) groups is 1. The Labute approximate surface area is 137 Å². The third-order valence-electron chi connectivity index (χ3n) is 3.64. The first-order chi connectivity index (χ1) is 11.0. The number of nitrogens with zero attached hydrogens (tertiary/aromatic N) is 2. The zero-order chi connectivity index (χ0) is 16.6. The van der Waals surface area contributed by atoms with Gasteiger partial charge >= 0.3 is 0 Å². The van der Waals surface area contributed by atoms with Crippen molar-refractivity contribution < 1.29 is 14.3 Å². The maximum atomic E-state index is 12.3. The SMILES string of the molecule is CC(C)c1nn(C)c2sc(C(=O)NCC(O)c3ccco3)cc12. The Morgan fingerprint density at radius 2 is 2.30 bits per heavy atom. The summed E-state index contributed by atoms with van der Waals surface area (Å²) in [6, 6.07) is 5.25. The number of fused-ring (bicyclic) bond motifs is 1.